The molecule has 80 valence electrons. The maximum Gasteiger partial charge on any atom is 0.237 e. The lowest BCUT2D eigenvalue weighted by Gasteiger charge is -2.29. The molecule has 0 aromatic rings. The van der Waals surface area contributed by atoms with E-state index in [1.807, 2.05) is 0 Å². The van der Waals surface area contributed by atoms with Gasteiger partial charge in [-0.2, -0.15) is 0 Å². The maximum atomic E-state index is 11.2. The van der Waals surface area contributed by atoms with Gasteiger partial charge in [-0.05, 0) is 31.1 Å². The van der Waals surface area contributed by atoms with E-state index in [0.717, 1.165) is 24.7 Å². The van der Waals surface area contributed by atoms with Crippen LogP contribution >= 0.6 is 11.6 Å². The molecule has 0 saturated heterocycles. The Hall–Kier alpha value is -0.280. The van der Waals surface area contributed by atoms with Crippen molar-refractivity contribution in [2.45, 2.75) is 24.9 Å². The average Bonchev–Trinajstić information content (AvgIpc) is 2.73. The van der Waals surface area contributed by atoms with Crippen molar-refractivity contribution in [3.8, 4) is 0 Å². The van der Waals surface area contributed by atoms with E-state index in [0.29, 0.717) is 6.54 Å². The van der Waals surface area contributed by atoms with Gasteiger partial charge in [0.05, 0.1) is 5.60 Å². The molecule has 0 aromatic carbocycles. The van der Waals surface area contributed by atoms with Crippen molar-refractivity contribution >= 4 is 17.5 Å². The average molecular weight is 218 g/mol. The highest BCUT2D eigenvalue weighted by Crippen LogP contribution is 2.56. The Balaban J connectivity index is 1.87. The number of nitrogens with zero attached hydrogens (tertiary/aromatic N) is 1. The molecule has 2 aliphatic carbocycles. The summed E-state index contributed by atoms with van der Waals surface area (Å²) in [4.78, 5) is 12.8. The minimum Gasteiger partial charge on any atom is -0.388 e. The zero-order chi connectivity index (χ0) is 10.3. The number of rotatable bonds is 3. The molecule has 14 heavy (non-hydrogen) atoms. The van der Waals surface area contributed by atoms with Crippen molar-refractivity contribution in [2.24, 2.45) is 11.8 Å². The number of halogens is 1. The fourth-order valence-electron chi connectivity index (χ4n) is 2.63. The van der Waals surface area contributed by atoms with Gasteiger partial charge in [-0.3, -0.25) is 4.79 Å². The first-order valence-corrected chi connectivity index (χ1v) is 5.60. The molecule has 2 saturated carbocycles. The number of likely N-dealkylation sites (N-methyl/N-ethyl adjacent to an activating group) is 1. The van der Waals surface area contributed by atoms with Crippen LogP contribution in [-0.2, 0) is 4.79 Å². The van der Waals surface area contributed by atoms with Crippen LogP contribution in [0.5, 0.6) is 0 Å². The molecule has 0 aliphatic heterocycles. The first-order chi connectivity index (χ1) is 6.54. The molecule has 1 amide bonds. The van der Waals surface area contributed by atoms with E-state index in [2.05, 4.69) is 0 Å². The molecule has 0 spiro atoms. The van der Waals surface area contributed by atoms with Gasteiger partial charge in [-0.15, -0.1) is 11.6 Å². The topological polar surface area (TPSA) is 40.5 Å². The Morgan fingerprint density at radius 1 is 1.57 bits per heavy atom. The summed E-state index contributed by atoms with van der Waals surface area (Å²) in [5.41, 5.74) is -0.635. The summed E-state index contributed by atoms with van der Waals surface area (Å²) in [6, 6.07) is 0. The minimum absolute atomic E-state index is 0.000558. The van der Waals surface area contributed by atoms with Crippen molar-refractivity contribution in [2.75, 3.05) is 19.5 Å². The van der Waals surface area contributed by atoms with Crippen molar-refractivity contribution < 1.29 is 9.90 Å². The molecule has 2 atom stereocenters. The van der Waals surface area contributed by atoms with Crippen LogP contribution in [0, 0.1) is 11.8 Å². The predicted molar refractivity (Wildman–Crippen MR) is 54.1 cm³/mol. The molecule has 0 heterocycles. The lowest BCUT2D eigenvalue weighted by atomic mass is 9.97. The van der Waals surface area contributed by atoms with Crippen LogP contribution in [0.1, 0.15) is 19.3 Å². The standard InChI is InChI=1S/C10H16ClNO2/c1-12(9(13)5-11)6-10(14)3-7-2-8(7)4-10/h7-8,14H,2-6H2,1H3. The Labute approximate surface area is 89.0 Å². The van der Waals surface area contributed by atoms with Crippen molar-refractivity contribution in [3.05, 3.63) is 0 Å². The molecule has 1 N–H and O–H groups in total. The molecule has 4 heteroatoms. The van der Waals surface area contributed by atoms with Gasteiger partial charge >= 0.3 is 0 Å². The van der Waals surface area contributed by atoms with Gasteiger partial charge in [0.15, 0.2) is 0 Å². The summed E-state index contributed by atoms with van der Waals surface area (Å²) in [6.45, 7) is 0.436. The van der Waals surface area contributed by atoms with Crippen LogP contribution in [0.25, 0.3) is 0 Å². The summed E-state index contributed by atoms with van der Waals surface area (Å²) in [5.74, 6) is 1.33. The van der Waals surface area contributed by atoms with E-state index in [9.17, 15) is 9.90 Å². The maximum absolute atomic E-state index is 11.2. The summed E-state index contributed by atoms with van der Waals surface area (Å²) in [6.07, 6.45) is 2.99. The van der Waals surface area contributed by atoms with Gasteiger partial charge in [0.25, 0.3) is 0 Å². The lowest BCUT2D eigenvalue weighted by Crippen LogP contribution is -2.43. The van der Waals surface area contributed by atoms with E-state index in [4.69, 9.17) is 11.6 Å². The van der Waals surface area contributed by atoms with Gasteiger partial charge in [0.1, 0.15) is 5.88 Å². The molecule has 3 nitrogen and oxygen atoms in total. The third-order valence-electron chi connectivity index (χ3n) is 3.42. The number of hydrogen-bond donors (Lipinski definition) is 1. The second kappa shape index (κ2) is 3.38. The number of fused-ring (bicyclic) bond motifs is 1. The third kappa shape index (κ3) is 1.89. The Morgan fingerprint density at radius 3 is 2.64 bits per heavy atom. The minimum atomic E-state index is -0.635. The molecule has 0 aromatic heterocycles. The highest BCUT2D eigenvalue weighted by Gasteiger charge is 2.53. The van der Waals surface area contributed by atoms with Crippen LogP contribution in [0.2, 0.25) is 0 Å². The molecule has 2 rings (SSSR count). The van der Waals surface area contributed by atoms with Gasteiger partial charge < -0.3 is 10.0 Å². The zero-order valence-corrected chi connectivity index (χ0v) is 9.13. The van der Waals surface area contributed by atoms with Crippen LogP contribution < -0.4 is 0 Å². The van der Waals surface area contributed by atoms with Gasteiger partial charge in [-0.1, -0.05) is 0 Å². The highest BCUT2D eigenvalue weighted by molar-refractivity contribution is 6.27. The Bertz CT molecular complexity index is 247. The number of alkyl halides is 1. The molecular formula is C10H16ClNO2. The zero-order valence-electron chi connectivity index (χ0n) is 8.37. The molecule has 2 fully saturated rings. The Morgan fingerprint density at radius 2 is 2.14 bits per heavy atom. The molecule has 0 bridgehead atoms. The fraction of sp³-hybridized carbons (Fsp3) is 0.900. The SMILES string of the molecule is CN(CC1(O)CC2CC2C1)C(=O)CCl. The van der Waals surface area contributed by atoms with Crippen molar-refractivity contribution in [1.82, 2.24) is 4.90 Å². The summed E-state index contributed by atoms with van der Waals surface area (Å²) in [5, 5.41) is 10.2. The predicted octanol–water partition coefficient (Wildman–Crippen LogP) is 0.845. The van der Waals surface area contributed by atoms with Crippen molar-refractivity contribution in [3.63, 3.8) is 0 Å². The van der Waals surface area contributed by atoms with Crippen LogP contribution in [0.15, 0.2) is 0 Å². The summed E-state index contributed by atoms with van der Waals surface area (Å²) in [7, 11) is 1.70. The number of hydrogen-bond acceptors (Lipinski definition) is 2. The van der Waals surface area contributed by atoms with Gasteiger partial charge in [-0.25, -0.2) is 0 Å². The molecule has 0 radical (unpaired) electrons. The van der Waals surface area contributed by atoms with E-state index in [1.54, 1.807) is 7.05 Å². The van der Waals surface area contributed by atoms with E-state index < -0.39 is 5.60 Å². The second-order valence-electron chi connectivity index (χ2n) is 4.77. The van der Waals surface area contributed by atoms with Crippen LogP contribution in [-0.4, -0.2) is 41.0 Å². The molecular weight excluding hydrogens is 202 g/mol. The Kier molecular flexibility index (Phi) is 2.48. The number of carbonyl (C=O) groups is 1. The number of carbonyl (C=O) groups excluding carboxylic acids is 1. The van der Waals surface area contributed by atoms with Crippen LogP contribution in [0.3, 0.4) is 0 Å². The number of amides is 1. The lowest BCUT2D eigenvalue weighted by molar-refractivity contribution is -0.130. The fourth-order valence-corrected chi connectivity index (χ4v) is 2.83. The summed E-state index contributed by atoms with van der Waals surface area (Å²) >= 11 is 5.44. The number of aliphatic hydroxyl groups is 1. The monoisotopic (exact) mass is 217 g/mol. The van der Waals surface area contributed by atoms with E-state index in [1.165, 1.54) is 11.3 Å². The van der Waals surface area contributed by atoms with Crippen LogP contribution in [0.4, 0.5) is 0 Å². The quantitative estimate of drug-likeness (QED) is 0.712. The highest BCUT2D eigenvalue weighted by atomic mass is 35.5. The molecule has 2 aliphatic rings. The first kappa shape index (κ1) is 10.2. The van der Waals surface area contributed by atoms with Gasteiger partial charge in [0, 0.05) is 13.6 Å². The smallest absolute Gasteiger partial charge is 0.237 e. The normalized spacial score (nSPS) is 39.4. The van der Waals surface area contributed by atoms with Gasteiger partial charge in [0.2, 0.25) is 5.91 Å². The summed E-state index contributed by atoms with van der Waals surface area (Å²) < 4.78 is 0. The second-order valence-corrected chi connectivity index (χ2v) is 5.04. The van der Waals surface area contributed by atoms with E-state index in [-0.39, 0.29) is 11.8 Å². The first-order valence-electron chi connectivity index (χ1n) is 5.06. The van der Waals surface area contributed by atoms with Crippen molar-refractivity contribution in [1.29, 1.82) is 0 Å². The largest absolute Gasteiger partial charge is 0.388 e. The third-order valence-corrected chi connectivity index (χ3v) is 3.65. The van der Waals surface area contributed by atoms with E-state index >= 15 is 0 Å². The molecule has 2 unspecified atom stereocenters.